The van der Waals surface area contributed by atoms with Crippen molar-refractivity contribution in [1.82, 2.24) is 0 Å². The zero-order chi connectivity index (χ0) is 9.52. The molecule has 0 unspecified atom stereocenters. The lowest BCUT2D eigenvalue weighted by Crippen LogP contribution is -1.92. The first kappa shape index (κ1) is 9.85. The SMILES string of the molecule is CC/C=C\Nc1ccccc1CC. The number of hydrogen-bond donors (Lipinski definition) is 1. The molecule has 0 aliphatic heterocycles. The van der Waals surface area contributed by atoms with Crippen LogP contribution in [-0.4, -0.2) is 0 Å². The third kappa shape index (κ3) is 2.94. The lowest BCUT2D eigenvalue weighted by molar-refractivity contribution is 1.14. The van der Waals surface area contributed by atoms with Crippen LogP contribution in [-0.2, 0) is 6.42 Å². The Morgan fingerprint density at radius 1 is 1.23 bits per heavy atom. The van der Waals surface area contributed by atoms with Gasteiger partial charge in [-0.25, -0.2) is 0 Å². The highest BCUT2D eigenvalue weighted by molar-refractivity contribution is 5.52. The average molecular weight is 175 g/mol. The Morgan fingerprint density at radius 2 is 2.00 bits per heavy atom. The molecule has 70 valence electrons. The topological polar surface area (TPSA) is 12.0 Å². The van der Waals surface area contributed by atoms with Crippen LogP contribution >= 0.6 is 0 Å². The molecule has 0 aliphatic rings. The summed E-state index contributed by atoms with van der Waals surface area (Å²) in [5.74, 6) is 0. The number of nitrogens with one attached hydrogen (secondary N) is 1. The van der Waals surface area contributed by atoms with Crippen LogP contribution in [0.4, 0.5) is 5.69 Å². The van der Waals surface area contributed by atoms with Gasteiger partial charge in [-0.15, -0.1) is 0 Å². The molecule has 1 nitrogen and oxygen atoms in total. The number of anilines is 1. The van der Waals surface area contributed by atoms with E-state index in [1.54, 1.807) is 0 Å². The van der Waals surface area contributed by atoms with Crippen molar-refractivity contribution in [3.8, 4) is 0 Å². The smallest absolute Gasteiger partial charge is 0.0412 e. The van der Waals surface area contributed by atoms with Crippen molar-refractivity contribution in [3.63, 3.8) is 0 Å². The molecule has 1 aromatic carbocycles. The van der Waals surface area contributed by atoms with Crippen LogP contribution in [0.5, 0.6) is 0 Å². The van der Waals surface area contributed by atoms with E-state index in [0.29, 0.717) is 0 Å². The molecular formula is C12H17N. The summed E-state index contributed by atoms with van der Waals surface area (Å²) in [6.07, 6.45) is 6.27. The maximum absolute atomic E-state index is 3.28. The summed E-state index contributed by atoms with van der Waals surface area (Å²) in [5, 5.41) is 3.28. The van der Waals surface area contributed by atoms with Crippen LogP contribution in [0, 0.1) is 0 Å². The van der Waals surface area contributed by atoms with Gasteiger partial charge in [0.2, 0.25) is 0 Å². The van der Waals surface area contributed by atoms with E-state index in [0.717, 1.165) is 12.8 Å². The molecule has 0 saturated heterocycles. The third-order valence-electron chi connectivity index (χ3n) is 1.99. The normalized spacial score (nSPS) is 10.6. The number of allylic oxidation sites excluding steroid dienone is 1. The van der Waals surface area contributed by atoms with E-state index in [-0.39, 0.29) is 0 Å². The van der Waals surface area contributed by atoms with Gasteiger partial charge in [-0.05, 0) is 30.7 Å². The lowest BCUT2D eigenvalue weighted by atomic mass is 10.1. The summed E-state index contributed by atoms with van der Waals surface area (Å²) in [7, 11) is 0. The molecule has 1 heteroatoms. The summed E-state index contributed by atoms with van der Waals surface area (Å²) in [4.78, 5) is 0. The molecule has 0 atom stereocenters. The molecule has 0 amide bonds. The summed E-state index contributed by atoms with van der Waals surface area (Å²) < 4.78 is 0. The van der Waals surface area contributed by atoms with Crippen molar-refractivity contribution in [1.29, 1.82) is 0 Å². The van der Waals surface area contributed by atoms with Crippen molar-refractivity contribution in [2.45, 2.75) is 26.7 Å². The summed E-state index contributed by atoms with van der Waals surface area (Å²) in [6.45, 7) is 4.30. The van der Waals surface area contributed by atoms with E-state index in [1.165, 1.54) is 11.3 Å². The summed E-state index contributed by atoms with van der Waals surface area (Å²) in [6, 6.07) is 8.40. The van der Waals surface area contributed by atoms with E-state index >= 15 is 0 Å². The number of para-hydroxylation sites is 1. The second-order valence-electron chi connectivity index (χ2n) is 2.97. The fourth-order valence-corrected chi connectivity index (χ4v) is 1.24. The molecule has 0 spiro atoms. The zero-order valence-corrected chi connectivity index (χ0v) is 8.38. The Labute approximate surface area is 80.5 Å². The van der Waals surface area contributed by atoms with E-state index in [1.807, 2.05) is 6.20 Å². The first-order chi connectivity index (χ1) is 6.38. The maximum Gasteiger partial charge on any atom is 0.0412 e. The van der Waals surface area contributed by atoms with Gasteiger partial charge in [-0.3, -0.25) is 0 Å². The van der Waals surface area contributed by atoms with Crippen LogP contribution in [0.3, 0.4) is 0 Å². The van der Waals surface area contributed by atoms with Gasteiger partial charge in [0, 0.05) is 5.69 Å². The van der Waals surface area contributed by atoms with Crippen molar-refractivity contribution in [2.75, 3.05) is 5.32 Å². The first-order valence-electron chi connectivity index (χ1n) is 4.88. The Kier molecular flexibility index (Phi) is 4.10. The third-order valence-corrected chi connectivity index (χ3v) is 1.99. The van der Waals surface area contributed by atoms with Crippen molar-refractivity contribution in [2.24, 2.45) is 0 Å². The molecule has 1 rings (SSSR count). The Bertz CT molecular complexity index is 276. The minimum absolute atomic E-state index is 1.07. The predicted octanol–water partition coefficient (Wildman–Crippen LogP) is 3.58. The van der Waals surface area contributed by atoms with Gasteiger partial charge in [0.15, 0.2) is 0 Å². The Hall–Kier alpha value is -1.24. The fraction of sp³-hybridized carbons (Fsp3) is 0.333. The van der Waals surface area contributed by atoms with Gasteiger partial charge in [0.25, 0.3) is 0 Å². The van der Waals surface area contributed by atoms with Crippen molar-refractivity contribution >= 4 is 5.69 Å². The molecule has 1 aromatic rings. The van der Waals surface area contributed by atoms with Crippen molar-refractivity contribution in [3.05, 3.63) is 42.1 Å². The standard InChI is InChI=1S/C12H17N/c1-3-5-10-13-12-9-7-6-8-11(12)4-2/h5-10,13H,3-4H2,1-2H3/b10-5-. The molecule has 1 N–H and O–H groups in total. The number of benzene rings is 1. The van der Waals surface area contributed by atoms with E-state index in [2.05, 4.69) is 49.5 Å². The molecule has 0 aromatic heterocycles. The van der Waals surface area contributed by atoms with Crippen LogP contribution in [0.25, 0.3) is 0 Å². The minimum Gasteiger partial charge on any atom is -0.362 e. The molecule has 0 heterocycles. The average Bonchev–Trinajstić information content (AvgIpc) is 2.19. The first-order valence-corrected chi connectivity index (χ1v) is 4.88. The molecule has 0 saturated carbocycles. The molecule has 0 radical (unpaired) electrons. The Balaban J connectivity index is 2.69. The van der Waals surface area contributed by atoms with Crippen molar-refractivity contribution < 1.29 is 0 Å². The van der Waals surface area contributed by atoms with Gasteiger partial charge in [0.1, 0.15) is 0 Å². The van der Waals surface area contributed by atoms with Gasteiger partial charge >= 0.3 is 0 Å². The fourth-order valence-electron chi connectivity index (χ4n) is 1.24. The highest BCUT2D eigenvalue weighted by atomic mass is 14.8. The second kappa shape index (κ2) is 5.41. The Morgan fingerprint density at radius 3 is 2.69 bits per heavy atom. The largest absolute Gasteiger partial charge is 0.362 e. The molecule has 0 fully saturated rings. The maximum atomic E-state index is 3.28. The highest BCUT2D eigenvalue weighted by Crippen LogP contribution is 2.14. The van der Waals surface area contributed by atoms with Gasteiger partial charge in [-0.2, -0.15) is 0 Å². The molecule has 13 heavy (non-hydrogen) atoms. The van der Waals surface area contributed by atoms with Crippen LogP contribution < -0.4 is 5.32 Å². The van der Waals surface area contributed by atoms with Crippen LogP contribution in [0.2, 0.25) is 0 Å². The van der Waals surface area contributed by atoms with E-state index < -0.39 is 0 Å². The molecule has 0 aliphatic carbocycles. The lowest BCUT2D eigenvalue weighted by Gasteiger charge is -2.06. The number of rotatable bonds is 4. The van der Waals surface area contributed by atoms with Crippen LogP contribution in [0.1, 0.15) is 25.8 Å². The molecule has 0 bridgehead atoms. The van der Waals surface area contributed by atoms with Gasteiger partial charge in [-0.1, -0.05) is 38.1 Å². The predicted molar refractivity (Wildman–Crippen MR) is 58.9 cm³/mol. The monoisotopic (exact) mass is 175 g/mol. The zero-order valence-electron chi connectivity index (χ0n) is 8.38. The molecular weight excluding hydrogens is 158 g/mol. The van der Waals surface area contributed by atoms with Gasteiger partial charge < -0.3 is 5.32 Å². The summed E-state index contributed by atoms with van der Waals surface area (Å²) >= 11 is 0. The summed E-state index contributed by atoms with van der Waals surface area (Å²) in [5.41, 5.74) is 2.58. The second-order valence-corrected chi connectivity index (χ2v) is 2.97. The highest BCUT2D eigenvalue weighted by Gasteiger charge is 1.94. The van der Waals surface area contributed by atoms with Gasteiger partial charge in [0.05, 0.1) is 0 Å². The number of aryl methyl sites for hydroxylation is 1. The van der Waals surface area contributed by atoms with E-state index in [4.69, 9.17) is 0 Å². The number of hydrogen-bond acceptors (Lipinski definition) is 1. The quantitative estimate of drug-likeness (QED) is 0.737. The minimum atomic E-state index is 1.07. The van der Waals surface area contributed by atoms with E-state index in [9.17, 15) is 0 Å². The van der Waals surface area contributed by atoms with Crippen LogP contribution in [0.15, 0.2) is 36.5 Å².